The van der Waals surface area contributed by atoms with Gasteiger partial charge in [0.15, 0.2) is 0 Å². The Labute approximate surface area is 94.1 Å². The summed E-state index contributed by atoms with van der Waals surface area (Å²) in [6, 6.07) is 0. The van der Waals surface area contributed by atoms with Gasteiger partial charge >= 0.3 is 0 Å². The van der Waals surface area contributed by atoms with Crippen LogP contribution in [0.3, 0.4) is 0 Å². The fraction of sp³-hybridized carbons (Fsp3) is 0.636. The molecule has 1 fully saturated rings. The zero-order valence-corrected chi connectivity index (χ0v) is 10.0. The summed E-state index contributed by atoms with van der Waals surface area (Å²) in [5, 5.41) is 3.08. The lowest BCUT2D eigenvalue weighted by atomic mass is 10.1. The van der Waals surface area contributed by atoms with Gasteiger partial charge in [-0.3, -0.25) is 4.79 Å². The number of aromatic nitrogens is 1. The zero-order chi connectivity index (χ0) is 10.8. The van der Waals surface area contributed by atoms with E-state index in [0.717, 1.165) is 18.1 Å². The van der Waals surface area contributed by atoms with E-state index in [1.165, 1.54) is 12.1 Å². The summed E-state index contributed by atoms with van der Waals surface area (Å²) >= 11 is 1.62. The van der Waals surface area contributed by atoms with Gasteiger partial charge in [-0.25, -0.2) is 4.98 Å². The molecule has 0 spiro atoms. The third-order valence-electron chi connectivity index (χ3n) is 2.78. The van der Waals surface area contributed by atoms with Gasteiger partial charge < -0.3 is 4.90 Å². The minimum atomic E-state index is 0.194. The molecule has 82 valence electrons. The van der Waals surface area contributed by atoms with Crippen LogP contribution in [0.2, 0.25) is 0 Å². The molecule has 0 bridgehead atoms. The second-order valence-corrected chi connectivity index (χ2v) is 5.24. The number of rotatable bonds is 3. The van der Waals surface area contributed by atoms with Crippen molar-refractivity contribution in [2.24, 2.45) is 0 Å². The Hall–Kier alpha value is -0.740. The van der Waals surface area contributed by atoms with E-state index in [4.69, 9.17) is 0 Å². The van der Waals surface area contributed by atoms with Crippen molar-refractivity contribution in [3.8, 4) is 0 Å². The summed E-state index contributed by atoms with van der Waals surface area (Å²) < 4.78 is 0. The van der Waals surface area contributed by atoms with Crippen molar-refractivity contribution in [3.05, 3.63) is 16.1 Å². The molecule has 0 aliphatic carbocycles. The minimum Gasteiger partial charge on any atom is -0.306 e. The van der Waals surface area contributed by atoms with Gasteiger partial charge in [-0.2, -0.15) is 0 Å². The second-order valence-electron chi connectivity index (χ2n) is 4.29. The van der Waals surface area contributed by atoms with E-state index in [1.54, 1.807) is 18.3 Å². The Kier molecular flexibility index (Phi) is 3.17. The molecule has 0 amide bonds. The predicted molar refractivity (Wildman–Crippen MR) is 61.4 cm³/mol. The largest absolute Gasteiger partial charge is 0.306 e. The maximum absolute atomic E-state index is 11.0. The lowest BCUT2D eigenvalue weighted by molar-refractivity contribution is -0.116. The Morgan fingerprint density at radius 2 is 2.53 bits per heavy atom. The maximum atomic E-state index is 11.0. The van der Waals surface area contributed by atoms with Crippen LogP contribution in [-0.2, 0) is 11.2 Å². The molecular formula is C11H16N2OS. The molecule has 2 heterocycles. The molecule has 1 aliphatic rings. The lowest BCUT2D eigenvalue weighted by Gasteiger charge is -2.06. The maximum Gasteiger partial charge on any atom is 0.136 e. The summed E-state index contributed by atoms with van der Waals surface area (Å²) in [7, 11) is 2.14. The van der Waals surface area contributed by atoms with Crippen molar-refractivity contribution in [2.45, 2.75) is 25.7 Å². The van der Waals surface area contributed by atoms with Crippen molar-refractivity contribution in [1.82, 2.24) is 9.88 Å². The van der Waals surface area contributed by atoms with Crippen molar-refractivity contribution < 1.29 is 4.79 Å². The first-order valence-electron chi connectivity index (χ1n) is 5.27. The van der Waals surface area contributed by atoms with Gasteiger partial charge in [0.1, 0.15) is 10.8 Å². The molecule has 0 radical (unpaired) electrons. The average molecular weight is 224 g/mol. The van der Waals surface area contributed by atoms with Crippen LogP contribution in [0.25, 0.3) is 0 Å². The van der Waals surface area contributed by atoms with Crippen molar-refractivity contribution in [3.63, 3.8) is 0 Å². The summed E-state index contributed by atoms with van der Waals surface area (Å²) in [5.41, 5.74) is 1.18. The van der Waals surface area contributed by atoms with Gasteiger partial charge in [0.25, 0.3) is 0 Å². The van der Waals surface area contributed by atoms with Crippen molar-refractivity contribution in [1.29, 1.82) is 0 Å². The minimum absolute atomic E-state index is 0.194. The second kappa shape index (κ2) is 4.41. The molecule has 1 unspecified atom stereocenters. The first-order chi connectivity index (χ1) is 7.15. The normalized spacial score (nSPS) is 22.1. The average Bonchev–Trinajstić information content (AvgIpc) is 2.72. The predicted octanol–water partition coefficient (Wildman–Crippen LogP) is 1.69. The number of carbonyl (C=O) groups is 1. The third-order valence-corrected chi connectivity index (χ3v) is 3.65. The Morgan fingerprint density at radius 3 is 3.13 bits per heavy atom. The first-order valence-corrected chi connectivity index (χ1v) is 6.15. The molecule has 0 N–H and O–H groups in total. The van der Waals surface area contributed by atoms with Crippen LogP contribution < -0.4 is 0 Å². The number of ketones is 1. The van der Waals surface area contributed by atoms with Gasteiger partial charge in [0.05, 0.1) is 12.1 Å². The fourth-order valence-electron chi connectivity index (χ4n) is 1.98. The number of Topliss-reactive ketones (excluding diaryl/α,β-unsaturated/α-hetero) is 1. The number of thiazole rings is 1. The molecular weight excluding hydrogens is 208 g/mol. The molecule has 1 aromatic heterocycles. The van der Waals surface area contributed by atoms with E-state index in [9.17, 15) is 4.79 Å². The summed E-state index contributed by atoms with van der Waals surface area (Å²) in [4.78, 5) is 17.8. The molecule has 3 nitrogen and oxygen atoms in total. The smallest absolute Gasteiger partial charge is 0.136 e. The van der Waals surface area contributed by atoms with E-state index in [-0.39, 0.29) is 5.78 Å². The van der Waals surface area contributed by atoms with Crippen LogP contribution in [0.15, 0.2) is 5.38 Å². The van der Waals surface area contributed by atoms with Gasteiger partial charge in [-0.15, -0.1) is 11.3 Å². The van der Waals surface area contributed by atoms with Crippen LogP contribution in [0.4, 0.5) is 0 Å². The molecule has 0 aromatic carbocycles. The van der Waals surface area contributed by atoms with E-state index in [2.05, 4.69) is 22.3 Å². The van der Waals surface area contributed by atoms with Gasteiger partial charge in [0.2, 0.25) is 0 Å². The van der Waals surface area contributed by atoms with E-state index >= 15 is 0 Å². The topological polar surface area (TPSA) is 33.2 Å². The quantitative estimate of drug-likeness (QED) is 0.783. The number of likely N-dealkylation sites (tertiary alicyclic amines) is 1. The highest BCUT2D eigenvalue weighted by atomic mass is 32.1. The van der Waals surface area contributed by atoms with E-state index in [0.29, 0.717) is 12.3 Å². The molecule has 2 rings (SSSR count). The molecule has 1 aromatic rings. The Balaban J connectivity index is 2.03. The van der Waals surface area contributed by atoms with Crippen molar-refractivity contribution in [2.75, 3.05) is 20.1 Å². The van der Waals surface area contributed by atoms with Crippen LogP contribution in [-0.4, -0.2) is 35.8 Å². The van der Waals surface area contributed by atoms with Gasteiger partial charge in [-0.05, 0) is 26.9 Å². The molecule has 1 saturated heterocycles. The number of nitrogens with zero attached hydrogens (tertiary/aromatic N) is 2. The highest BCUT2D eigenvalue weighted by Crippen LogP contribution is 2.27. The summed E-state index contributed by atoms with van der Waals surface area (Å²) in [6.07, 6.45) is 1.69. The summed E-state index contributed by atoms with van der Waals surface area (Å²) in [6.45, 7) is 3.87. The molecule has 1 aliphatic heterocycles. The van der Waals surface area contributed by atoms with Crippen LogP contribution >= 0.6 is 11.3 Å². The monoisotopic (exact) mass is 224 g/mol. The Bertz CT molecular complexity index is 361. The molecule has 0 saturated carbocycles. The third kappa shape index (κ3) is 2.63. The van der Waals surface area contributed by atoms with Crippen LogP contribution in [0.5, 0.6) is 0 Å². The van der Waals surface area contributed by atoms with Crippen molar-refractivity contribution >= 4 is 17.1 Å². The van der Waals surface area contributed by atoms with Crippen LogP contribution in [0, 0.1) is 0 Å². The number of carbonyl (C=O) groups excluding carboxylic acids is 1. The molecule has 1 atom stereocenters. The highest BCUT2D eigenvalue weighted by Gasteiger charge is 2.23. The number of hydrogen-bond acceptors (Lipinski definition) is 4. The summed E-state index contributed by atoms with van der Waals surface area (Å²) in [5.74, 6) is 0.770. The van der Waals surface area contributed by atoms with E-state index in [1.807, 2.05) is 0 Å². The standard InChI is InChI=1S/C11H16N2OS/c1-8(14)5-11-12-10(7-15-11)9-3-4-13(2)6-9/h7,9H,3-6H2,1-2H3. The first kappa shape index (κ1) is 10.8. The number of likely N-dealkylation sites (N-methyl/N-ethyl adjacent to an activating group) is 1. The SMILES string of the molecule is CC(=O)Cc1nc(C2CCN(C)C2)cs1. The fourth-order valence-corrected chi connectivity index (χ4v) is 2.93. The zero-order valence-electron chi connectivity index (χ0n) is 9.19. The van der Waals surface area contributed by atoms with Crippen LogP contribution in [0.1, 0.15) is 30.0 Å². The highest BCUT2D eigenvalue weighted by molar-refractivity contribution is 7.09. The molecule has 4 heteroatoms. The molecule has 15 heavy (non-hydrogen) atoms. The lowest BCUT2D eigenvalue weighted by Crippen LogP contribution is -2.13. The van der Waals surface area contributed by atoms with Gasteiger partial charge in [0, 0.05) is 17.8 Å². The number of hydrogen-bond donors (Lipinski definition) is 0. The Morgan fingerprint density at radius 1 is 1.73 bits per heavy atom. The van der Waals surface area contributed by atoms with Gasteiger partial charge in [-0.1, -0.05) is 0 Å². The van der Waals surface area contributed by atoms with E-state index < -0.39 is 0 Å².